The zero-order valence-electron chi connectivity index (χ0n) is 14.4. The highest BCUT2D eigenvalue weighted by Crippen LogP contribution is 2.21. The maximum atomic E-state index is 12.2. The van der Waals surface area contributed by atoms with E-state index in [2.05, 4.69) is 24.2 Å². The molecule has 0 saturated carbocycles. The van der Waals surface area contributed by atoms with E-state index in [4.69, 9.17) is 0 Å². The summed E-state index contributed by atoms with van der Waals surface area (Å²) < 4.78 is 0. The fraction of sp³-hybridized carbons (Fsp3) is 0.938. The quantitative estimate of drug-likeness (QED) is 0.735. The van der Waals surface area contributed by atoms with Crippen molar-refractivity contribution in [2.24, 2.45) is 11.3 Å². The maximum Gasteiger partial charge on any atom is 0.317 e. The Morgan fingerprint density at radius 1 is 1.48 bits per heavy atom. The molecule has 1 aliphatic heterocycles. The van der Waals surface area contributed by atoms with Crippen molar-refractivity contribution in [3.8, 4) is 0 Å². The van der Waals surface area contributed by atoms with Crippen LogP contribution in [0.15, 0.2) is 0 Å². The van der Waals surface area contributed by atoms with Crippen molar-refractivity contribution in [2.75, 3.05) is 40.3 Å². The number of rotatable bonds is 6. The summed E-state index contributed by atoms with van der Waals surface area (Å²) in [6, 6.07) is 0.355. The third-order valence-corrected chi connectivity index (χ3v) is 4.62. The van der Waals surface area contributed by atoms with E-state index in [0.717, 1.165) is 32.4 Å². The molecule has 0 aliphatic carbocycles. The Morgan fingerprint density at radius 3 is 2.71 bits per heavy atom. The summed E-state index contributed by atoms with van der Waals surface area (Å²) in [5, 5.41) is 12.2. The van der Waals surface area contributed by atoms with Crippen LogP contribution in [0, 0.1) is 11.3 Å². The van der Waals surface area contributed by atoms with Gasteiger partial charge < -0.3 is 20.2 Å². The molecule has 2 unspecified atom stereocenters. The second-order valence-electron chi connectivity index (χ2n) is 7.36. The van der Waals surface area contributed by atoms with Gasteiger partial charge in [-0.05, 0) is 44.2 Å². The number of urea groups is 1. The van der Waals surface area contributed by atoms with Gasteiger partial charge in [-0.25, -0.2) is 4.79 Å². The van der Waals surface area contributed by atoms with Crippen molar-refractivity contribution in [1.82, 2.24) is 15.1 Å². The Labute approximate surface area is 129 Å². The first-order valence-corrected chi connectivity index (χ1v) is 8.07. The first-order valence-electron chi connectivity index (χ1n) is 8.07. The molecule has 2 N–H and O–H groups in total. The summed E-state index contributed by atoms with van der Waals surface area (Å²) in [6.45, 7) is 9.27. The summed E-state index contributed by atoms with van der Waals surface area (Å²) in [5.74, 6) is 0.507. The number of hydrogen-bond acceptors (Lipinski definition) is 3. The molecule has 0 aromatic heterocycles. The molecule has 0 spiro atoms. The van der Waals surface area contributed by atoms with E-state index in [1.54, 1.807) is 0 Å². The molecule has 0 radical (unpaired) electrons. The number of nitrogens with one attached hydrogen (secondary N) is 1. The van der Waals surface area contributed by atoms with Crippen LogP contribution in [0.5, 0.6) is 0 Å². The molecule has 0 bridgehead atoms. The number of hydrogen-bond donors (Lipinski definition) is 2. The molecule has 21 heavy (non-hydrogen) atoms. The molecule has 1 heterocycles. The Balaban J connectivity index is 2.31. The zero-order valence-corrected chi connectivity index (χ0v) is 14.4. The van der Waals surface area contributed by atoms with Crippen LogP contribution in [0.3, 0.4) is 0 Å². The standard InChI is InChI=1S/C16H33N3O2/c1-13-11-18(4)10-7-14(13)19(5)15(21)17-9-6-8-16(2,3)12-20/h13-14,20H,6-12H2,1-5H3,(H,17,21). The van der Waals surface area contributed by atoms with Crippen LogP contribution in [0.4, 0.5) is 4.79 Å². The Morgan fingerprint density at radius 2 is 2.14 bits per heavy atom. The minimum absolute atomic E-state index is 0.0261. The van der Waals surface area contributed by atoms with Crippen LogP contribution in [0.1, 0.15) is 40.0 Å². The van der Waals surface area contributed by atoms with Crippen LogP contribution in [-0.4, -0.2) is 67.3 Å². The van der Waals surface area contributed by atoms with Gasteiger partial charge in [0.2, 0.25) is 0 Å². The van der Waals surface area contributed by atoms with Gasteiger partial charge in [-0.15, -0.1) is 0 Å². The molecule has 2 amide bonds. The van der Waals surface area contributed by atoms with E-state index in [1.807, 2.05) is 25.8 Å². The highest BCUT2D eigenvalue weighted by atomic mass is 16.3. The average Bonchev–Trinajstić information content (AvgIpc) is 2.42. The molecule has 1 aliphatic rings. The first-order chi connectivity index (χ1) is 9.76. The van der Waals surface area contributed by atoms with E-state index < -0.39 is 0 Å². The lowest BCUT2D eigenvalue weighted by Crippen LogP contribution is -2.52. The van der Waals surface area contributed by atoms with Crippen LogP contribution in [0.25, 0.3) is 0 Å². The Kier molecular flexibility index (Phi) is 6.94. The fourth-order valence-electron chi connectivity index (χ4n) is 3.03. The smallest absolute Gasteiger partial charge is 0.317 e. The largest absolute Gasteiger partial charge is 0.396 e. The topological polar surface area (TPSA) is 55.8 Å². The molecular formula is C16H33N3O2. The van der Waals surface area contributed by atoms with Crippen molar-refractivity contribution in [3.05, 3.63) is 0 Å². The van der Waals surface area contributed by atoms with E-state index in [1.165, 1.54) is 0 Å². The summed E-state index contributed by atoms with van der Waals surface area (Å²) in [4.78, 5) is 16.4. The number of carbonyl (C=O) groups is 1. The van der Waals surface area contributed by atoms with Gasteiger partial charge in [0.1, 0.15) is 0 Å². The molecule has 0 aromatic carbocycles. The molecule has 1 fully saturated rings. The number of aliphatic hydroxyl groups is 1. The van der Waals surface area contributed by atoms with Gasteiger partial charge in [-0.3, -0.25) is 0 Å². The number of likely N-dealkylation sites (tertiary alicyclic amines) is 1. The van der Waals surface area contributed by atoms with Gasteiger partial charge in [-0.2, -0.15) is 0 Å². The Hall–Kier alpha value is -0.810. The molecule has 2 atom stereocenters. The minimum Gasteiger partial charge on any atom is -0.396 e. The lowest BCUT2D eigenvalue weighted by molar-refractivity contribution is 0.107. The number of amides is 2. The van der Waals surface area contributed by atoms with Crippen molar-refractivity contribution in [1.29, 1.82) is 0 Å². The molecule has 1 rings (SSSR count). The third-order valence-electron chi connectivity index (χ3n) is 4.62. The van der Waals surface area contributed by atoms with E-state index >= 15 is 0 Å². The van der Waals surface area contributed by atoms with Crippen LogP contribution in [-0.2, 0) is 0 Å². The SMILES string of the molecule is CC1CN(C)CCC1N(C)C(=O)NCCCC(C)(C)CO. The molecule has 5 heteroatoms. The van der Waals surface area contributed by atoms with Crippen LogP contribution < -0.4 is 5.32 Å². The molecule has 5 nitrogen and oxygen atoms in total. The van der Waals surface area contributed by atoms with Crippen molar-refractivity contribution in [3.63, 3.8) is 0 Å². The van der Waals surface area contributed by atoms with Gasteiger partial charge in [0.05, 0.1) is 0 Å². The Bertz CT molecular complexity index is 333. The molecule has 0 aromatic rings. The van der Waals surface area contributed by atoms with E-state index in [0.29, 0.717) is 18.5 Å². The number of carbonyl (C=O) groups excluding carboxylic acids is 1. The average molecular weight is 299 g/mol. The maximum absolute atomic E-state index is 12.2. The molecular weight excluding hydrogens is 266 g/mol. The highest BCUT2D eigenvalue weighted by molar-refractivity contribution is 5.74. The van der Waals surface area contributed by atoms with E-state index in [9.17, 15) is 9.90 Å². The van der Waals surface area contributed by atoms with Gasteiger partial charge in [-0.1, -0.05) is 20.8 Å². The third kappa shape index (κ3) is 5.83. The second-order valence-corrected chi connectivity index (χ2v) is 7.36. The van der Waals surface area contributed by atoms with E-state index in [-0.39, 0.29) is 18.1 Å². The summed E-state index contributed by atoms with van der Waals surface area (Å²) >= 11 is 0. The molecule has 1 saturated heterocycles. The normalized spacial score (nSPS) is 23.9. The number of nitrogens with zero attached hydrogens (tertiary/aromatic N) is 2. The van der Waals surface area contributed by atoms with Crippen LogP contribution in [0.2, 0.25) is 0 Å². The van der Waals surface area contributed by atoms with Crippen molar-refractivity contribution in [2.45, 2.75) is 46.1 Å². The van der Waals surface area contributed by atoms with Crippen LogP contribution >= 0.6 is 0 Å². The van der Waals surface area contributed by atoms with Crippen molar-refractivity contribution < 1.29 is 9.90 Å². The summed E-state index contributed by atoms with van der Waals surface area (Å²) in [7, 11) is 4.04. The second kappa shape index (κ2) is 7.99. The van der Waals surface area contributed by atoms with Gasteiger partial charge in [0, 0.05) is 32.8 Å². The summed E-state index contributed by atoms with van der Waals surface area (Å²) in [5.41, 5.74) is -0.0565. The minimum atomic E-state index is -0.0565. The predicted octanol–water partition coefficient (Wildman–Crippen LogP) is 1.77. The fourth-order valence-corrected chi connectivity index (χ4v) is 3.03. The summed E-state index contributed by atoms with van der Waals surface area (Å²) in [6.07, 6.45) is 2.85. The van der Waals surface area contributed by atoms with Gasteiger partial charge >= 0.3 is 6.03 Å². The first kappa shape index (κ1) is 18.2. The van der Waals surface area contributed by atoms with Gasteiger partial charge in [0.25, 0.3) is 0 Å². The number of aliphatic hydroxyl groups excluding tert-OH is 1. The molecule has 124 valence electrons. The monoisotopic (exact) mass is 299 g/mol. The predicted molar refractivity (Wildman–Crippen MR) is 86.3 cm³/mol. The lowest BCUT2D eigenvalue weighted by atomic mass is 9.89. The zero-order chi connectivity index (χ0) is 16.0. The van der Waals surface area contributed by atoms with Gasteiger partial charge in [0.15, 0.2) is 0 Å². The highest BCUT2D eigenvalue weighted by Gasteiger charge is 2.29. The van der Waals surface area contributed by atoms with Crippen molar-refractivity contribution >= 4 is 6.03 Å². The lowest BCUT2D eigenvalue weighted by Gasteiger charge is -2.39. The number of piperidine rings is 1.